The van der Waals surface area contributed by atoms with Gasteiger partial charge in [-0.2, -0.15) is 0 Å². The fourth-order valence-corrected chi connectivity index (χ4v) is 2.15. The second-order valence-corrected chi connectivity index (χ2v) is 4.69. The van der Waals surface area contributed by atoms with Crippen molar-refractivity contribution < 1.29 is 9.42 Å². The van der Waals surface area contributed by atoms with Crippen LogP contribution in [0.4, 0.5) is 11.5 Å². The van der Waals surface area contributed by atoms with Crippen molar-refractivity contribution in [2.24, 2.45) is 0 Å². The molecule has 94 valence electrons. The Bertz CT molecular complexity index is 555. The number of carbonyl (C=O) groups excluding carboxylic acids is 1. The molecular formula is C11H12N4O2S. The van der Waals surface area contributed by atoms with Crippen LogP contribution in [0.25, 0.3) is 0 Å². The molecule has 0 aliphatic rings. The van der Waals surface area contributed by atoms with Crippen molar-refractivity contribution in [2.45, 2.75) is 11.8 Å². The Balaban J connectivity index is 2.19. The standard InChI is InChI=1S/C11H12N4O2S/c1-2-18-8-6-4-3-5-7(8)13-11(16)9-10(12)15-17-14-9/h3-6H,2H2,1H3,(H2,12,15)(H,13,16). The Morgan fingerprint density at radius 1 is 1.44 bits per heavy atom. The maximum Gasteiger partial charge on any atom is 0.281 e. The van der Waals surface area contributed by atoms with Crippen LogP contribution in [0.3, 0.4) is 0 Å². The van der Waals surface area contributed by atoms with Gasteiger partial charge in [-0.3, -0.25) is 4.79 Å². The predicted molar refractivity (Wildman–Crippen MR) is 69.5 cm³/mol. The lowest BCUT2D eigenvalue weighted by Gasteiger charge is -2.08. The van der Waals surface area contributed by atoms with Gasteiger partial charge in [0.2, 0.25) is 11.5 Å². The van der Waals surface area contributed by atoms with E-state index in [1.807, 2.05) is 31.2 Å². The summed E-state index contributed by atoms with van der Waals surface area (Å²) >= 11 is 1.64. The van der Waals surface area contributed by atoms with Crippen LogP contribution in [-0.4, -0.2) is 22.0 Å². The van der Waals surface area contributed by atoms with E-state index in [1.54, 1.807) is 11.8 Å². The van der Waals surface area contributed by atoms with E-state index in [2.05, 4.69) is 20.3 Å². The quantitative estimate of drug-likeness (QED) is 0.820. The molecule has 0 fully saturated rings. The SMILES string of the molecule is CCSc1ccccc1NC(=O)c1nonc1N. The summed E-state index contributed by atoms with van der Waals surface area (Å²) in [5, 5.41) is 9.56. The minimum atomic E-state index is -0.432. The highest BCUT2D eigenvalue weighted by molar-refractivity contribution is 7.99. The first-order chi connectivity index (χ1) is 8.72. The number of nitrogens with two attached hydrogens (primary N) is 1. The third-order valence-electron chi connectivity index (χ3n) is 2.16. The zero-order valence-electron chi connectivity index (χ0n) is 9.71. The molecular weight excluding hydrogens is 252 g/mol. The maximum absolute atomic E-state index is 11.9. The number of hydrogen-bond donors (Lipinski definition) is 2. The van der Waals surface area contributed by atoms with Crippen molar-refractivity contribution in [3.63, 3.8) is 0 Å². The number of para-hydroxylation sites is 1. The van der Waals surface area contributed by atoms with Crippen LogP contribution in [0.5, 0.6) is 0 Å². The molecule has 0 unspecified atom stereocenters. The Morgan fingerprint density at radius 2 is 2.22 bits per heavy atom. The molecule has 2 rings (SSSR count). The topological polar surface area (TPSA) is 94.0 Å². The monoisotopic (exact) mass is 264 g/mol. The van der Waals surface area contributed by atoms with Crippen molar-refractivity contribution in [1.82, 2.24) is 10.3 Å². The summed E-state index contributed by atoms with van der Waals surface area (Å²) in [6.45, 7) is 2.04. The molecule has 1 amide bonds. The first kappa shape index (κ1) is 12.4. The molecule has 1 heterocycles. The molecule has 7 heteroatoms. The second-order valence-electron chi connectivity index (χ2n) is 3.38. The van der Waals surface area contributed by atoms with E-state index >= 15 is 0 Å². The van der Waals surface area contributed by atoms with E-state index in [0.717, 1.165) is 16.3 Å². The number of benzene rings is 1. The average molecular weight is 264 g/mol. The van der Waals surface area contributed by atoms with Gasteiger partial charge in [0, 0.05) is 4.90 Å². The largest absolute Gasteiger partial charge is 0.379 e. The molecule has 1 aromatic heterocycles. The summed E-state index contributed by atoms with van der Waals surface area (Å²) in [6.07, 6.45) is 0. The van der Waals surface area contributed by atoms with Crippen molar-refractivity contribution in [2.75, 3.05) is 16.8 Å². The van der Waals surface area contributed by atoms with Crippen LogP contribution < -0.4 is 11.1 Å². The van der Waals surface area contributed by atoms with Crippen molar-refractivity contribution >= 4 is 29.2 Å². The number of rotatable bonds is 4. The van der Waals surface area contributed by atoms with E-state index in [1.165, 1.54) is 0 Å². The Morgan fingerprint density at radius 3 is 2.89 bits per heavy atom. The highest BCUT2D eigenvalue weighted by Crippen LogP contribution is 2.27. The summed E-state index contributed by atoms with van der Waals surface area (Å²) < 4.78 is 4.39. The van der Waals surface area contributed by atoms with Gasteiger partial charge in [-0.25, -0.2) is 4.63 Å². The van der Waals surface area contributed by atoms with Crippen LogP contribution >= 0.6 is 11.8 Å². The van der Waals surface area contributed by atoms with Crippen molar-refractivity contribution in [3.05, 3.63) is 30.0 Å². The summed E-state index contributed by atoms with van der Waals surface area (Å²) in [5.74, 6) is 0.464. The first-order valence-electron chi connectivity index (χ1n) is 5.33. The van der Waals surface area contributed by atoms with Gasteiger partial charge in [-0.05, 0) is 28.2 Å². The summed E-state index contributed by atoms with van der Waals surface area (Å²) in [7, 11) is 0. The number of nitrogens with one attached hydrogen (secondary N) is 1. The molecule has 0 saturated heterocycles. The number of nitrogens with zero attached hydrogens (tertiary/aromatic N) is 2. The van der Waals surface area contributed by atoms with Gasteiger partial charge in [-0.1, -0.05) is 19.1 Å². The van der Waals surface area contributed by atoms with Gasteiger partial charge in [0.25, 0.3) is 5.91 Å². The highest BCUT2D eigenvalue weighted by atomic mass is 32.2. The lowest BCUT2D eigenvalue weighted by molar-refractivity contribution is 0.101. The molecule has 0 aliphatic carbocycles. The van der Waals surface area contributed by atoms with Crippen LogP contribution in [0.1, 0.15) is 17.4 Å². The summed E-state index contributed by atoms with van der Waals surface area (Å²) in [4.78, 5) is 12.9. The van der Waals surface area contributed by atoms with Gasteiger partial charge in [0.15, 0.2) is 0 Å². The van der Waals surface area contributed by atoms with Crippen molar-refractivity contribution in [1.29, 1.82) is 0 Å². The van der Waals surface area contributed by atoms with E-state index in [0.29, 0.717) is 0 Å². The molecule has 0 radical (unpaired) electrons. The molecule has 2 aromatic rings. The smallest absolute Gasteiger partial charge is 0.281 e. The number of anilines is 2. The third kappa shape index (κ3) is 2.62. The van der Waals surface area contributed by atoms with Gasteiger partial charge < -0.3 is 11.1 Å². The molecule has 1 aromatic carbocycles. The minimum absolute atomic E-state index is 0.00805. The third-order valence-corrected chi connectivity index (χ3v) is 3.12. The highest BCUT2D eigenvalue weighted by Gasteiger charge is 2.17. The lowest BCUT2D eigenvalue weighted by atomic mass is 10.3. The molecule has 0 saturated carbocycles. The molecule has 0 bridgehead atoms. The molecule has 0 atom stereocenters. The summed E-state index contributed by atoms with van der Waals surface area (Å²) in [6, 6.07) is 7.52. The number of amides is 1. The van der Waals surface area contributed by atoms with Crippen LogP contribution in [0, 0.1) is 0 Å². The number of aromatic nitrogens is 2. The van der Waals surface area contributed by atoms with Crippen molar-refractivity contribution in [3.8, 4) is 0 Å². The number of thioether (sulfide) groups is 1. The fourth-order valence-electron chi connectivity index (χ4n) is 1.39. The average Bonchev–Trinajstić information content (AvgIpc) is 2.78. The molecule has 6 nitrogen and oxygen atoms in total. The van der Waals surface area contributed by atoms with Gasteiger partial charge in [-0.15, -0.1) is 11.8 Å². The van der Waals surface area contributed by atoms with Crippen LogP contribution in [-0.2, 0) is 0 Å². The van der Waals surface area contributed by atoms with Crippen LogP contribution in [0.2, 0.25) is 0 Å². The summed E-state index contributed by atoms with van der Waals surface area (Å²) in [5.41, 5.74) is 6.17. The first-order valence-corrected chi connectivity index (χ1v) is 6.32. The maximum atomic E-state index is 11.9. The fraction of sp³-hybridized carbons (Fsp3) is 0.182. The normalized spacial score (nSPS) is 10.3. The number of carbonyl (C=O) groups is 1. The zero-order valence-corrected chi connectivity index (χ0v) is 10.5. The second kappa shape index (κ2) is 5.54. The van der Waals surface area contributed by atoms with E-state index < -0.39 is 5.91 Å². The van der Waals surface area contributed by atoms with Gasteiger partial charge in [0.1, 0.15) is 0 Å². The predicted octanol–water partition coefficient (Wildman–Crippen LogP) is 2.02. The molecule has 0 aliphatic heterocycles. The Labute approximate surface area is 108 Å². The van der Waals surface area contributed by atoms with Gasteiger partial charge >= 0.3 is 0 Å². The number of nitrogen functional groups attached to an aromatic ring is 1. The van der Waals surface area contributed by atoms with Gasteiger partial charge in [0.05, 0.1) is 5.69 Å². The van der Waals surface area contributed by atoms with Crippen LogP contribution in [0.15, 0.2) is 33.8 Å². The van der Waals surface area contributed by atoms with E-state index in [-0.39, 0.29) is 11.5 Å². The number of hydrogen-bond acceptors (Lipinski definition) is 6. The minimum Gasteiger partial charge on any atom is -0.379 e. The van der Waals surface area contributed by atoms with E-state index in [9.17, 15) is 4.79 Å². The Hall–Kier alpha value is -2.02. The lowest BCUT2D eigenvalue weighted by Crippen LogP contribution is -2.14. The molecule has 0 spiro atoms. The molecule has 18 heavy (non-hydrogen) atoms. The van der Waals surface area contributed by atoms with E-state index in [4.69, 9.17) is 5.73 Å². The zero-order chi connectivity index (χ0) is 13.0. The Kier molecular flexibility index (Phi) is 3.83. The molecule has 3 N–H and O–H groups in total.